The van der Waals surface area contributed by atoms with Gasteiger partial charge in [-0.05, 0) is 51.4 Å². The van der Waals surface area contributed by atoms with E-state index < -0.39 is 0 Å². The largest absolute Gasteiger partial charge is 0.357 e. The second-order valence-electron chi connectivity index (χ2n) is 7.02. The molecule has 1 aromatic rings. The zero-order valence-electron chi connectivity index (χ0n) is 15.2. The highest BCUT2D eigenvalue weighted by Gasteiger charge is 2.26. The molecule has 2 saturated heterocycles. The minimum Gasteiger partial charge on any atom is -0.357 e. The number of aliphatic imine (C=N–C) groups is 1. The van der Waals surface area contributed by atoms with Crippen molar-refractivity contribution in [3.63, 3.8) is 0 Å². The van der Waals surface area contributed by atoms with Crippen molar-refractivity contribution in [3.05, 3.63) is 24.1 Å². The first-order valence-corrected chi connectivity index (χ1v) is 9.24. The number of aromatic nitrogens is 1. The zero-order valence-corrected chi connectivity index (χ0v) is 15.2. The molecule has 0 spiro atoms. The summed E-state index contributed by atoms with van der Waals surface area (Å²) in [4.78, 5) is 13.3. The molecule has 2 atom stereocenters. The number of anilines is 1. The Bertz CT molecular complexity index is 593. The Balaban J connectivity index is 1.55. The monoisotopic (exact) mass is 348 g/mol. The zero-order chi connectivity index (χ0) is 17.6. The van der Waals surface area contributed by atoms with E-state index in [0.717, 1.165) is 51.6 Å². The Labute approximate surface area is 149 Å². The van der Waals surface area contributed by atoms with Crippen LogP contribution in [0, 0.1) is 11.7 Å². The minimum absolute atomic E-state index is 0.255. The fourth-order valence-electron chi connectivity index (χ4n) is 3.59. The third kappa shape index (κ3) is 4.81. The summed E-state index contributed by atoms with van der Waals surface area (Å²) in [5.74, 6) is 1.70. The molecule has 1 aromatic heterocycles. The molecule has 6 nitrogen and oxygen atoms in total. The summed E-state index contributed by atoms with van der Waals surface area (Å²) in [7, 11) is 2.16. The van der Waals surface area contributed by atoms with Gasteiger partial charge in [0.15, 0.2) is 17.6 Å². The predicted molar refractivity (Wildman–Crippen MR) is 99.5 cm³/mol. The van der Waals surface area contributed by atoms with Crippen LogP contribution in [0.15, 0.2) is 23.3 Å². The number of rotatable bonds is 5. The third-order valence-electron chi connectivity index (χ3n) is 4.91. The van der Waals surface area contributed by atoms with Gasteiger partial charge in [0.1, 0.15) is 0 Å². The van der Waals surface area contributed by atoms with Crippen molar-refractivity contribution in [1.82, 2.24) is 20.5 Å². The van der Waals surface area contributed by atoms with E-state index in [9.17, 15) is 4.39 Å². The van der Waals surface area contributed by atoms with E-state index in [1.807, 2.05) is 4.90 Å². The predicted octanol–water partition coefficient (Wildman–Crippen LogP) is 1.31. The van der Waals surface area contributed by atoms with Crippen LogP contribution in [0.1, 0.15) is 19.8 Å². The van der Waals surface area contributed by atoms with E-state index >= 15 is 0 Å². The second-order valence-corrected chi connectivity index (χ2v) is 7.02. The molecule has 3 rings (SSSR count). The lowest BCUT2D eigenvalue weighted by molar-refractivity contribution is 0.397. The Kier molecular flexibility index (Phi) is 6.07. The van der Waals surface area contributed by atoms with Crippen LogP contribution < -0.4 is 15.5 Å². The molecule has 2 aliphatic rings. The van der Waals surface area contributed by atoms with Crippen LogP contribution in [-0.4, -0.2) is 68.2 Å². The minimum atomic E-state index is -0.255. The van der Waals surface area contributed by atoms with Gasteiger partial charge in [0.2, 0.25) is 0 Å². The average molecular weight is 348 g/mol. The Morgan fingerprint density at radius 3 is 2.96 bits per heavy atom. The molecule has 0 aliphatic carbocycles. The molecule has 25 heavy (non-hydrogen) atoms. The molecular formula is C18H29FN6. The first-order valence-electron chi connectivity index (χ1n) is 9.24. The number of guanidine groups is 1. The van der Waals surface area contributed by atoms with Crippen molar-refractivity contribution in [2.24, 2.45) is 10.9 Å². The van der Waals surface area contributed by atoms with Gasteiger partial charge in [0, 0.05) is 45.0 Å². The van der Waals surface area contributed by atoms with Crippen molar-refractivity contribution in [2.45, 2.75) is 25.8 Å². The number of halogens is 1. The highest BCUT2D eigenvalue weighted by Crippen LogP contribution is 2.20. The number of pyridine rings is 1. The van der Waals surface area contributed by atoms with Gasteiger partial charge in [0.25, 0.3) is 0 Å². The molecular weight excluding hydrogens is 319 g/mol. The van der Waals surface area contributed by atoms with Crippen LogP contribution in [0.3, 0.4) is 0 Å². The lowest BCUT2D eigenvalue weighted by Gasteiger charge is -2.20. The van der Waals surface area contributed by atoms with Gasteiger partial charge in [-0.15, -0.1) is 0 Å². The van der Waals surface area contributed by atoms with Gasteiger partial charge in [-0.25, -0.2) is 9.37 Å². The SMILES string of the molecule is CCNC(=NCC1CCN(C)C1)NC1CCN(c2ncccc2F)C1. The summed E-state index contributed by atoms with van der Waals surface area (Å²) in [6.45, 7) is 7.59. The molecule has 0 amide bonds. The van der Waals surface area contributed by atoms with Crippen molar-refractivity contribution >= 4 is 11.8 Å². The lowest BCUT2D eigenvalue weighted by atomic mass is 10.1. The molecule has 7 heteroatoms. The van der Waals surface area contributed by atoms with E-state index in [1.54, 1.807) is 12.3 Å². The molecule has 0 radical (unpaired) electrons. The van der Waals surface area contributed by atoms with Crippen LogP contribution in [0.4, 0.5) is 10.2 Å². The third-order valence-corrected chi connectivity index (χ3v) is 4.91. The van der Waals surface area contributed by atoms with Gasteiger partial charge >= 0.3 is 0 Å². The smallest absolute Gasteiger partial charge is 0.191 e. The average Bonchev–Trinajstić information content (AvgIpc) is 3.22. The van der Waals surface area contributed by atoms with Crippen molar-refractivity contribution in [2.75, 3.05) is 51.2 Å². The maximum absolute atomic E-state index is 13.9. The number of likely N-dealkylation sites (tertiary alicyclic amines) is 1. The van der Waals surface area contributed by atoms with Crippen LogP contribution >= 0.6 is 0 Å². The van der Waals surface area contributed by atoms with E-state index in [-0.39, 0.29) is 11.9 Å². The standard InChI is InChI=1S/C18H29FN6/c1-3-20-18(22-11-14-6-9-24(2)12-14)23-15-7-10-25(13-15)17-16(19)5-4-8-21-17/h4-5,8,14-15H,3,6-7,9-13H2,1-2H3,(H2,20,22,23). The molecule has 2 fully saturated rings. The quantitative estimate of drug-likeness (QED) is 0.621. The van der Waals surface area contributed by atoms with Crippen molar-refractivity contribution < 1.29 is 4.39 Å². The second kappa shape index (κ2) is 8.47. The van der Waals surface area contributed by atoms with Crippen LogP contribution in [0.25, 0.3) is 0 Å². The van der Waals surface area contributed by atoms with E-state index in [1.165, 1.54) is 12.5 Å². The van der Waals surface area contributed by atoms with E-state index in [4.69, 9.17) is 4.99 Å². The summed E-state index contributed by atoms with van der Waals surface area (Å²) >= 11 is 0. The fourth-order valence-corrected chi connectivity index (χ4v) is 3.59. The summed E-state index contributed by atoms with van der Waals surface area (Å²) in [5, 5.41) is 6.83. The molecule has 3 heterocycles. The van der Waals surface area contributed by atoms with Crippen LogP contribution in [0.2, 0.25) is 0 Å². The van der Waals surface area contributed by atoms with Crippen molar-refractivity contribution in [3.8, 4) is 0 Å². The van der Waals surface area contributed by atoms with E-state index in [2.05, 4.69) is 34.5 Å². The number of nitrogens with zero attached hydrogens (tertiary/aromatic N) is 4. The van der Waals surface area contributed by atoms with Crippen LogP contribution in [0.5, 0.6) is 0 Å². The topological polar surface area (TPSA) is 55.8 Å². The molecule has 2 N–H and O–H groups in total. The highest BCUT2D eigenvalue weighted by molar-refractivity contribution is 5.80. The molecule has 2 aliphatic heterocycles. The number of hydrogen-bond acceptors (Lipinski definition) is 4. The first kappa shape index (κ1) is 17.9. The maximum Gasteiger partial charge on any atom is 0.191 e. The number of hydrogen-bond donors (Lipinski definition) is 2. The van der Waals surface area contributed by atoms with Gasteiger partial charge < -0.3 is 20.4 Å². The summed E-state index contributed by atoms with van der Waals surface area (Å²) in [5.41, 5.74) is 0. The first-order chi connectivity index (χ1) is 12.2. The Morgan fingerprint density at radius 1 is 1.36 bits per heavy atom. The Morgan fingerprint density at radius 2 is 2.24 bits per heavy atom. The lowest BCUT2D eigenvalue weighted by Crippen LogP contribution is -2.45. The van der Waals surface area contributed by atoms with E-state index in [0.29, 0.717) is 11.7 Å². The highest BCUT2D eigenvalue weighted by atomic mass is 19.1. The van der Waals surface area contributed by atoms with Gasteiger partial charge in [0.05, 0.1) is 0 Å². The molecule has 0 saturated carbocycles. The van der Waals surface area contributed by atoms with Gasteiger partial charge in [-0.2, -0.15) is 0 Å². The molecule has 2 unspecified atom stereocenters. The summed E-state index contributed by atoms with van der Waals surface area (Å²) in [6.07, 6.45) is 3.81. The summed E-state index contributed by atoms with van der Waals surface area (Å²) in [6, 6.07) is 3.35. The molecule has 0 bridgehead atoms. The fraction of sp³-hybridized carbons (Fsp3) is 0.667. The number of nitrogens with one attached hydrogen (secondary N) is 2. The van der Waals surface area contributed by atoms with Gasteiger partial charge in [-0.1, -0.05) is 0 Å². The van der Waals surface area contributed by atoms with Crippen LogP contribution in [-0.2, 0) is 0 Å². The normalized spacial score (nSPS) is 24.8. The Hall–Kier alpha value is -1.89. The molecule has 138 valence electrons. The van der Waals surface area contributed by atoms with Gasteiger partial charge in [-0.3, -0.25) is 4.99 Å². The van der Waals surface area contributed by atoms with Crippen molar-refractivity contribution in [1.29, 1.82) is 0 Å². The summed E-state index contributed by atoms with van der Waals surface area (Å²) < 4.78 is 13.9. The molecule has 0 aromatic carbocycles. The maximum atomic E-state index is 13.9.